The van der Waals surface area contributed by atoms with Crippen LogP contribution in [0.15, 0.2) is 162 Å². The number of benzene rings is 5. The van der Waals surface area contributed by atoms with Gasteiger partial charge in [-0.25, -0.2) is 4.98 Å². The van der Waals surface area contributed by atoms with Gasteiger partial charge in [-0.2, -0.15) is 0 Å². The van der Waals surface area contributed by atoms with Crippen LogP contribution in [0.4, 0.5) is 0 Å². The van der Waals surface area contributed by atoms with E-state index in [0.717, 1.165) is 72.7 Å². The normalized spacial score (nSPS) is 10.8. The Labute approximate surface area is 285 Å². The van der Waals surface area contributed by atoms with Gasteiger partial charge in [-0.1, -0.05) is 89.8 Å². The van der Waals surface area contributed by atoms with Crippen molar-refractivity contribution < 1.29 is 24.5 Å². The average molecular weight is 783 g/mol. The molecule has 0 aliphatic carbocycles. The van der Waals surface area contributed by atoms with Crippen molar-refractivity contribution in [2.45, 2.75) is 0 Å². The van der Waals surface area contributed by atoms with Crippen molar-refractivity contribution >= 4 is 33.1 Å². The SMILES string of the molecule is [Ir].[c-]1ccc2c(oc3ccccc32)c1-c1nc2ccc(-c3ccccc3)nc2n1-c1ccccc1.[c-]1ccccc1-c1ccccn1. The molecular weight excluding hydrogens is 757 g/mol. The van der Waals surface area contributed by atoms with E-state index in [-0.39, 0.29) is 20.1 Å². The number of hydrogen-bond acceptors (Lipinski definition) is 4. The Morgan fingerprint density at radius 2 is 1.34 bits per heavy atom. The van der Waals surface area contributed by atoms with Crippen LogP contribution < -0.4 is 0 Å². The van der Waals surface area contributed by atoms with Crippen LogP contribution in [0.2, 0.25) is 0 Å². The summed E-state index contributed by atoms with van der Waals surface area (Å²) in [5, 5.41) is 2.13. The average Bonchev–Trinajstić information content (AvgIpc) is 3.72. The molecule has 0 saturated carbocycles. The van der Waals surface area contributed by atoms with E-state index >= 15 is 0 Å². The van der Waals surface area contributed by atoms with Gasteiger partial charge in [0.15, 0.2) is 5.65 Å². The molecule has 6 heteroatoms. The predicted molar refractivity (Wildman–Crippen MR) is 184 cm³/mol. The summed E-state index contributed by atoms with van der Waals surface area (Å²) in [5.74, 6) is 0.753. The first-order chi connectivity index (χ1) is 22.8. The van der Waals surface area contributed by atoms with Gasteiger partial charge >= 0.3 is 0 Å². The summed E-state index contributed by atoms with van der Waals surface area (Å²) in [5.41, 5.74) is 9.03. The number of nitrogens with zero attached hydrogens (tertiary/aromatic N) is 4. The van der Waals surface area contributed by atoms with Crippen molar-refractivity contribution in [3.05, 3.63) is 170 Å². The molecule has 5 aromatic carbocycles. The van der Waals surface area contributed by atoms with Crippen molar-refractivity contribution in [2.24, 2.45) is 0 Å². The first-order valence-corrected chi connectivity index (χ1v) is 15.0. The molecule has 5 nitrogen and oxygen atoms in total. The summed E-state index contributed by atoms with van der Waals surface area (Å²) in [4.78, 5) is 14.3. The van der Waals surface area contributed by atoms with Crippen LogP contribution in [-0.4, -0.2) is 19.5 Å². The van der Waals surface area contributed by atoms with Gasteiger partial charge in [-0.05, 0) is 42.1 Å². The van der Waals surface area contributed by atoms with Gasteiger partial charge in [-0.15, -0.1) is 54.1 Å². The summed E-state index contributed by atoms with van der Waals surface area (Å²) >= 11 is 0. The molecule has 4 heterocycles. The Balaban J connectivity index is 0.000000228. The van der Waals surface area contributed by atoms with Gasteiger partial charge < -0.3 is 14.0 Å². The van der Waals surface area contributed by atoms with E-state index in [9.17, 15) is 0 Å². The maximum absolute atomic E-state index is 6.31. The largest absolute Gasteiger partial charge is 0.501 e. The van der Waals surface area contributed by atoms with Crippen molar-refractivity contribution in [2.75, 3.05) is 0 Å². The molecule has 0 N–H and O–H groups in total. The molecule has 4 aromatic heterocycles. The molecule has 0 atom stereocenters. The molecule has 0 amide bonds. The summed E-state index contributed by atoms with van der Waals surface area (Å²) in [6.45, 7) is 0. The number of furan rings is 1. The molecule has 1 radical (unpaired) electrons. The number of para-hydroxylation sites is 2. The third-order valence-corrected chi connectivity index (χ3v) is 7.80. The second-order valence-electron chi connectivity index (χ2n) is 10.7. The number of fused-ring (bicyclic) bond motifs is 4. The molecule has 0 fully saturated rings. The molecule has 0 aliphatic rings. The van der Waals surface area contributed by atoms with Crippen molar-refractivity contribution in [1.29, 1.82) is 0 Å². The number of hydrogen-bond donors (Lipinski definition) is 0. The van der Waals surface area contributed by atoms with E-state index in [1.165, 1.54) is 0 Å². The summed E-state index contributed by atoms with van der Waals surface area (Å²) < 4.78 is 8.41. The quantitative estimate of drug-likeness (QED) is 0.167. The monoisotopic (exact) mass is 783 g/mol. The first-order valence-electron chi connectivity index (χ1n) is 15.0. The van der Waals surface area contributed by atoms with E-state index in [2.05, 4.69) is 52.0 Å². The minimum Gasteiger partial charge on any atom is -0.501 e. The number of pyridine rings is 2. The molecule has 9 rings (SSSR count). The molecule has 0 aliphatic heterocycles. The van der Waals surface area contributed by atoms with Crippen LogP contribution in [0.3, 0.4) is 0 Å². The smallest absolute Gasteiger partial charge is 0.156 e. The Morgan fingerprint density at radius 1 is 0.574 bits per heavy atom. The van der Waals surface area contributed by atoms with Gasteiger partial charge in [-0.3, -0.25) is 4.98 Å². The zero-order valence-electron chi connectivity index (χ0n) is 25.0. The predicted octanol–water partition coefficient (Wildman–Crippen LogP) is 10.0. The zero-order valence-corrected chi connectivity index (χ0v) is 27.4. The van der Waals surface area contributed by atoms with Crippen molar-refractivity contribution in [3.8, 4) is 39.6 Å². The van der Waals surface area contributed by atoms with Crippen molar-refractivity contribution in [1.82, 2.24) is 19.5 Å². The maximum atomic E-state index is 6.31. The van der Waals surface area contributed by atoms with Crippen LogP contribution in [0.25, 0.3) is 72.7 Å². The van der Waals surface area contributed by atoms with Gasteiger partial charge in [0.2, 0.25) is 0 Å². The molecular formula is C41H26IrN4O-2. The van der Waals surface area contributed by atoms with Crippen LogP contribution >= 0.6 is 0 Å². The van der Waals surface area contributed by atoms with Crippen LogP contribution in [0.5, 0.6) is 0 Å². The molecule has 0 saturated heterocycles. The Hall–Kier alpha value is -5.68. The maximum Gasteiger partial charge on any atom is 0.156 e. The van der Waals surface area contributed by atoms with E-state index in [4.69, 9.17) is 14.4 Å². The third kappa shape index (κ3) is 5.88. The zero-order chi connectivity index (χ0) is 30.7. The van der Waals surface area contributed by atoms with Gasteiger partial charge in [0, 0.05) is 42.9 Å². The van der Waals surface area contributed by atoms with E-state index in [0.29, 0.717) is 0 Å². The van der Waals surface area contributed by atoms with Gasteiger partial charge in [0.1, 0.15) is 5.58 Å². The van der Waals surface area contributed by atoms with Crippen LogP contribution in [0.1, 0.15) is 0 Å². The molecule has 0 bridgehead atoms. The Bertz CT molecular complexity index is 2370. The molecule has 227 valence electrons. The summed E-state index contributed by atoms with van der Waals surface area (Å²) in [6.07, 6.45) is 1.79. The third-order valence-electron chi connectivity index (χ3n) is 7.80. The van der Waals surface area contributed by atoms with E-state index in [1.54, 1.807) is 6.20 Å². The first kappa shape index (κ1) is 30.0. The molecule has 0 spiro atoms. The summed E-state index contributed by atoms with van der Waals surface area (Å²) in [6, 6.07) is 56.8. The second-order valence-corrected chi connectivity index (χ2v) is 10.7. The van der Waals surface area contributed by atoms with E-state index < -0.39 is 0 Å². The fourth-order valence-corrected chi connectivity index (χ4v) is 5.65. The van der Waals surface area contributed by atoms with Crippen molar-refractivity contribution in [3.63, 3.8) is 0 Å². The Kier molecular flexibility index (Phi) is 8.52. The van der Waals surface area contributed by atoms with Gasteiger partial charge in [0.05, 0.1) is 22.6 Å². The van der Waals surface area contributed by atoms with E-state index in [1.807, 2.05) is 121 Å². The molecule has 9 aromatic rings. The second kappa shape index (κ2) is 13.4. The Morgan fingerprint density at radius 3 is 2.13 bits per heavy atom. The minimum atomic E-state index is 0. The van der Waals surface area contributed by atoms with Crippen LogP contribution in [0, 0.1) is 12.1 Å². The van der Waals surface area contributed by atoms with Crippen LogP contribution in [-0.2, 0) is 20.1 Å². The molecule has 47 heavy (non-hydrogen) atoms. The number of imidazole rings is 1. The topological polar surface area (TPSA) is 56.7 Å². The number of aromatic nitrogens is 4. The minimum absolute atomic E-state index is 0. The summed E-state index contributed by atoms with van der Waals surface area (Å²) in [7, 11) is 0. The standard InChI is InChI=1S/C30H18N3O.C11H8N.Ir/c1-3-10-20(11-4-1)25-18-19-26-30(31-25)33(21-12-5-2-6-13-21)29(32-26)24-16-9-15-23-22-14-7-8-17-27(22)34-28(23)24;1-2-6-10(7-3-1)11-8-4-5-9-12-11;/h1-15,17-19H;1-6,8-9H;/q2*-1;. The fourth-order valence-electron chi connectivity index (χ4n) is 5.65. The fraction of sp³-hybridized carbons (Fsp3) is 0. The van der Waals surface area contributed by atoms with Gasteiger partial charge in [0.25, 0.3) is 0 Å². The molecule has 0 unspecified atom stereocenters. The number of rotatable bonds is 4.